The van der Waals surface area contributed by atoms with Crippen LogP contribution in [-0.4, -0.2) is 21.7 Å². The predicted molar refractivity (Wildman–Crippen MR) is 84.3 cm³/mol. The summed E-state index contributed by atoms with van der Waals surface area (Å²) in [4.78, 5) is 11.9. The highest BCUT2D eigenvalue weighted by molar-refractivity contribution is 6.30. The average molecular weight is 306 g/mol. The van der Waals surface area contributed by atoms with Gasteiger partial charge in [-0.2, -0.15) is 5.10 Å². The molecule has 0 saturated carbocycles. The van der Waals surface area contributed by atoms with Crippen molar-refractivity contribution in [3.05, 3.63) is 52.8 Å². The molecule has 1 atom stereocenters. The van der Waals surface area contributed by atoms with E-state index in [4.69, 9.17) is 11.6 Å². The minimum atomic E-state index is 0.0395. The van der Waals surface area contributed by atoms with Crippen molar-refractivity contribution < 1.29 is 4.79 Å². The molecular weight excluding hydrogens is 286 g/mol. The third-order valence-corrected chi connectivity index (χ3v) is 3.40. The quantitative estimate of drug-likeness (QED) is 0.892. The molecule has 0 aliphatic rings. The fourth-order valence-electron chi connectivity index (χ4n) is 2.22. The fourth-order valence-corrected chi connectivity index (χ4v) is 2.43. The lowest BCUT2D eigenvalue weighted by Gasteiger charge is -2.14. The van der Waals surface area contributed by atoms with Crippen molar-refractivity contribution in [1.29, 1.82) is 0 Å². The Kier molecular flexibility index (Phi) is 5.39. The molecule has 112 valence electrons. The lowest BCUT2D eigenvalue weighted by Crippen LogP contribution is -2.34. The number of nitrogens with zero attached hydrogens (tertiary/aromatic N) is 2. The van der Waals surface area contributed by atoms with Crippen LogP contribution in [0.4, 0.5) is 0 Å². The highest BCUT2D eigenvalue weighted by Gasteiger charge is 2.09. The summed E-state index contributed by atoms with van der Waals surface area (Å²) in [5.74, 6) is 0.0395. The normalized spacial score (nSPS) is 12.1. The second-order valence-electron chi connectivity index (χ2n) is 5.33. The maximum Gasteiger partial charge on any atom is 0.222 e. The summed E-state index contributed by atoms with van der Waals surface area (Å²) < 4.78 is 1.79. The number of rotatable bonds is 6. The van der Waals surface area contributed by atoms with Gasteiger partial charge in [0.05, 0.1) is 6.20 Å². The standard InChI is InChI=1S/C16H20ClN3O/c1-12-10-18-20(11-12)7-6-16(21)19-13(2)8-14-4-3-5-15(17)9-14/h3-5,9-11,13H,6-8H2,1-2H3,(H,19,21)/t13-/m0/s1. The van der Waals surface area contributed by atoms with Gasteiger partial charge in [-0.1, -0.05) is 23.7 Å². The van der Waals surface area contributed by atoms with Gasteiger partial charge < -0.3 is 5.32 Å². The van der Waals surface area contributed by atoms with Crippen LogP contribution in [0.3, 0.4) is 0 Å². The Morgan fingerprint density at radius 1 is 1.48 bits per heavy atom. The Morgan fingerprint density at radius 2 is 2.29 bits per heavy atom. The lowest BCUT2D eigenvalue weighted by molar-refractivity contribution is -0.121. The van der Waals surface area contributed by atoms with Gasteiger partial charge in [0, 0.05) is 30.2 Å². The molecule has 0 unspecified atom stereocenters. The van der Waals surface area contributed by atoms with E-state index < -0.39 is 0 Å². The van der Waals surface area contributed by atoms with E-state index >= 15 is 0 Å². The van der Waals surface area contributed by atoms with Crippen LogP contribution in [0.1, 0.15) is 24.5 Å². The highest BCUT2D eigenvalue weighted by atomic mass is 35.5. The number of benzene rings is 1. The smallest absolute Gasteiger partial charge is 0.222 e. The van der Waals surface area contributed by atoms with Gasteiger partial charge in [-0.15, -0.1) is 0 Å². The van der Waals surface area contributed by atoms with Gasteiger partial charge in [0.25, 0.3) is 0 Å². The summed E-state index contributed by atoms with van der Waals surface area (Å²) in [6.07, 6.45) is 4.93. The first-order chi connectivity index (χ1) is 10.0. The summed E-state index contributed by atoms with van der Waals surface area (Å²) in [5.41, 5.74) is 2.22. The maximum absolute atomic E-state index is 11.9. The van der Waals surface area contributed by atoms with E-state index in [1.165, 1.54) is 0 Å². The van der Waals surface area contributed by atoms with Crippen LogP contribution in [0.15, 0.2) is 36.7 Å². The Bertz CT molecular complexity index is 609. The molecule has 1 N–H and O–H groups in total. The van der Waals surface area contributed by atoms with E-state index in [0.717, 1.165) is 22.6 Å². The van der Waals surface area contributed by atoms with Crippen molar-refractivity contribution in [2.45, 2.75) is 39.3 Å². The molecule has 1 aromatic heterocycles. The fraction of sp³-hybridized carbons (Fsp3) is 0.375. The SMILES string of the molecule is Cc1cnn(CCC(=O)N[C@@H](C)Cc2cccc(Cl)c2)c1. The monoisotopic (exact) mass is 305 g/mol. The van der Waals surface area contributed by atoms with Crippen LogP contribution in [0.2, 0.25) is 5.02 Å². The first kappa shape index (κ1) is 15.6. The van der Waals surface area contributed by atoms with Crippen molar-refractivity contribution in [3.63, 3.8) is 0 Å². The maximum atomic E-state index is 11.9. The molecule has 21 heavy (non-hydrogen) atoms. The third-order valence-electron chi connectivity index (χ3n) is 3.17. The van der Waals surface area contributed by atoms with Gasteiger partial charge in [0.2, 0.25) is 5.91 Å². The largest absolute Gasteiger partial charge is 0.353 e. The first-order valence-electron chi connectivity index (χ1n) is 7.06. The molecule has 1 aromatic carbocycles. The molecule has 1 heterocycles. The van der Waals surface area contributed by atoms with Gasteiger partial charge in [-0.3, -0.25) is 9.48 Å². The Hall–Kier alpha value is -1.81. The number of hydrogen-bond acceptors (Lipinski definition) is 2. The van der Waals surface area contributed by atoms with Crippen LogP contribution < -0.4 is 5.32 Å². The van der Waals surface area contributed by atoms with Crippen LogP contribution in [0, 0.1) is 6.92 Å². The third kappa shape index (κ3) is 5.23. The van der Waals surface area contributed by atoms with Gasteiger partial charge in [0.15, 0.2) is 0 Å². The van der Waals surface area contributed by atoms with Crippen LogP contribution >= 0.6 is 11.6 Å². The zero-order chi connectivity index (χ0) is 15.2. The highest BCUT2D eigenvalue weighted by Crippen LogP contribution is 2.12. The minimum absolute atomic E-state index is 0.0395. The molecule has 1 amide bonds. The molecular formula is C16H20ClN3O. The van der Waals surface area contributed by atoms with Crippen molar-refractivity contribution in [2.24, 2.45) is 0 Å². The molecule has 4 nitrogen and oxygen atoms in total. The molecule has 0 saturated heterocycles. The number of amides is 1. The summed E-state index contributed by atoms with van der Waals surface area (Å²) >= 11 is 5.96. The first-order valence-corrected chi connectivity index (χ1v) is 7.43. The molecule has 0 fully saturated rings. The Balaban J connectivity index is 1.76. The van der Waals surface area contributed by atoms with E-state index in [-0.39, 0.29) is 11.9 Å². The molecule has 0 radical (unpaired) electrons. The number of hydrogen-bond donors (Lipinski definition) is 1. The number of aromatic nitrogens is 2. The Labute approximate surface area is 130 Å². The average Bonchev–Trinajstić information content (AvgIpc) is 2.82. The molecule has 0 aliphatic heterocycles. The van der Waals surface area contributed by atoms with E-state index in [9.17, 15) is 4.79 Å². The van der Waals surface area contributed by atoms with Gasteiger partial charge in [-0.05, 0) is 43.5 Å². The molecule has 0 aliphatic carbocycles. The van der Waals surface area contributed by atoms with Crippen molar-refractivity contribution in [1.82, 2.24) is 15.1 Å². The number of halogens is 1. The van der Waals surface area contributed by atoms with Gasteiger partial charge in [0.1, 0.15) is 0 Å². The lowest BCUT2D eigenvalue weighted by atomic mass is 10.1. The zero-order valence-electron chi connectivity index (χ0n) is 12.3. The van der Waals surface area contributed by atoms with Crippen LogP contribution in [-0.2, 0) is 17.8 Å². The summed E-state index contributed by atoms with van der Waals surface area (Å²) in [6, 6.07) is 7.79. The van der Waals surface area contributed by atoms with Gasteiger partial charge in [-0.25, -0.2) is 0 Å². The van der Waals surface area contributed by atoms with Crippen LogP contribution in [0.25, 0.3) is 0 Å². The second-order valence-corrected chi connectivity index (χ2v) is 5.77. The minimum Gasteiger partial charge on any atom is -0.353 e. The summed E-state index contributed by atoms with van der Waals surface area (Å²) in [7, 11) is 0. The van der Waals surface area contributed by atoms with Gasteiger partial charge >= 0.3 is 0 Å². The zero-order valence-corrected chi connectivity index (χ0v) is 13.1. The van der Waals surface area contributed by atoms with Crippen molar-refractivity contribution in [3.8, 4) is 0 Å². The summed E-state index contributed by atoms with van der Waals surface area (Å²) in [6.45, 7) is 4.58. The van der Waals surface area contributed by atoms with Crippen LogP contribution in [0.5, 0.6) is 0 Å². The van der Waals surface area contributed by atoms with Crippen molar-refractivity contribution >= 4 is 17.5 Å². The molecule has 2 aromatic rings. The second kappa shape index (κ2) is 7.27. The number of carbonyl (C=O) groups excluding carboxylic acids is 1. The molecule has 5 heteroatoms. The van der Waals surface area contributed by atoms with Crippen molar-refractivity contribution in [2.75, 3.05) is 0 Å². The van der Waals surface area contributed by atoms with E-state index in [1.54, 1.807) is 10.9 Å². The summed E-state index contributed by atoms with van der Waals surface area (Å²) in [5, 5.41) is 7.89. The van der Waals surface area contributed by atoms with E-state index in [1.807, 2.05) is 44.3 Å². The number of carbonyl (C=O) groups is 1. The predicted octanol–water partition coefficient (Wildman–Crippen LogP) is 2.98. The number of nitrogens with one attached hydrogen (secondary N) is 1. The molecule has 2 rings (SSSR count). The topological polar surface area (TPSA) is 46.9 Å². The Morgan fingerprint density at radius 3 is 2.95 bits per heavy atom. The van der Waals surface area contributed by atoms with E-state index in [0.29, 0.717) is 13.0 Å². The number of aryl methyl sites for hydroxylation is 2. The molecule has 0 spiro atoms. The molecule has 0 bridgehead atoms. The van der Waals surface area contributed by atoms with E-state index in [2.05, 4.69) is 10.4 Å².